The zero-order chi connectivity index (χ0) is 94.2. The Hall–Kier alpha value is -11.3. The van der Waals surface area contributed by atoms with Gasteiger partial charge in [-0.2, -0.15) is 0 Å². The normalized spacial score (nSPS) is 12.0. The second-order valence-electron chi connectivity index (χ2n) is 28.7. The lowest BCUT2D eigenvalue weighted by molar-refractivity contribution is -0.198. The van der Waals surface area contributed by atoms with Crippen LogP contribution in [-0.2, 0) is 153 Å². The van der Waals surface area contributed by atoms with Crippen molar-refractivity contribution in [2.75, 3.05) is 264 Å². The van der Waals surface area contributed by atoms with Gasteiger partial charge in [0.05, 0.1) is 250 Å². The molecule has 730 valence electrons. The van der Waals surface area contributed by atoms with Crippen molar-refractivity contribution >= 4 is 59.1 Å². The van der Waals surface area contributed by atoms with E-state index in [0.29, 0.717) is 102 Å². The van der Waals surface area contributed by atoms with Crippen molar-refractivity contribution in [1.82, 2.24) is 103 Å². The van der Waals surface area contributed by atoms with Gasteiger partial charge in [-0.25, -0.2) is 4.79 Å². The smallest absolute Gasteiger partial charge is 0.335 e. The fourth-order valence-electron chi connectivity index (χ4n) is 11.5. The van der Waals surface area contributed by atoms with Crippen molar-refractivity contribution in [2.24, 2.45) is 0 Å². The van der Waals surface area contributed by atoms with Crippen LogP contribution in [0.4, 0.5) is 0 Å². The summed E-state index contributed by atoms with van der Waals surface area (Å²) in [4.78, 5) is 131. The molecule has 4 heterocycles. The van der Waals surface area contributed by atoms with Gasteiger partial charge in [-0.3, -0.25) is 43.2 Å². The average molecular weight is 1870 g/mol. The molecule has 3 aromatic heterocycles. The Labute approximate surface area is 769 Å². The van der Waals surface area contributed by atoms with Crippen LogP contribution in [0.5, 0.6) is 0 Å². The molecule has 0 unspecified atom stereocenters. The van der Waals surface area contributed by atoms with Crippen LogP contribution in [0.25, 0.3) is 34.2 Å². The largest absolute Gasteiger partial charge is 0.379 e. The lowest BCUT2D eigenvalue weighted by Gasteiger charge is -2.34. The molecule has 0 aliphatic carbocycles. The van der Waals surface area contributed by atoms with E-state index in [0.717, 1.165) is 33.4 Å². The molecule has 1 fully saturated rings. The highest BCUT2D eigenvalue weighted by Gasteiger charge is 2.35. The fraction of sp³-hybridized carbons (Fsp3) is 0.600. The molecule has 1 aliphatic heterocycles. The van der Waals surface area contributed by atoms with E-state index in [9.17, 15) is 47.9 Å². The van der Waals surface area contributed by atoms with Gasteiger partial charge in [-0.1, -0.05) is 72.8 Å². The van der Waals surface area contributed by atoms with Crippen LogP contribution in [0.2, 0.25) is 0 Å². The number of aromatic nitrogens is 12. The van der Waals surface area contributed by atoms with Crippen LogP contribution in [0.3, 0.4) is 0 Å². The summed E-state index contributed by atoms with van der Waals surface area (Å²) in [6.07, 6.45) is 3.77. The van der Waals surface area contributed by atoms with Gasteiger partial charge in [0.15, 0.2) is 19.0 Å². The summed E-state index contributed by atoms with van der Waals surface area (Å²) in [5.41, 5.74) is 3.20. The van der Waals surface area contributed by atoms with E-state index < -0.39 is 29.2 Å². The molecule has 0 spiro atoms. The quantitative estimate of drug-likeness (QED) is 0.0158. The Kier molecular flexibility index (Phi) is 57.6. The van der Waals surface area contributed by atoms with Crippen LogP contribution >= 0.6 is 0 Å². The van der Waals surface area contributed by atoms with Gasteiger partial charge < -0.3 is 123 Å². The van der Waals surface area contributed by atoms with Gasteiger partial charge >= 0.3 is 5.97 Å². The Morgan fingerprint density at radius 3 is 0.744 bits per heavy atom. The molecule has 1 saturated heterocycles. The maximum absolute atomic E-state index is 13.9. The third kappa shape index (κ3) is 52.1. The topological polar surface area (TPSA) is 579 Å². The number of rotatable bonds is 80. The minimum absolute atomic E-state index is 0.000794. The third-order valence-corrected chi connectivity index (χ3v) is 18.2. The summed E-state index contributed by atoms with van der Waals surface area (Å²) in [6.45, 7) is 7.02. The number of hydrogen-bond donors (Lipinski definition) is 7. The van der Waals surface area contributed by atoms with Gasteiger partial charge in [0.1, 0.15) is 5.54 Å². The molecule has 0 radical (unpaired) electrons. The monoisotopic (exact) mass is 1870 g/mol. The summed E-state index contributed by atoms with van der Waals surface area (Å²) in [6, 6.07) is 21.7. The molecule has 9 amide bonds. The van der Waals surface area contributed by atoms with E-state index in [1.54, 1.807) is 36.4 Å². The van der Waals surface area contributed by atoms with Crippen LogP contribution in [0.15, 0.2) is 91.8 Å². The number of benzene rings is 3. The molecule has 6 aromatic rings. The van der Waals surface area contributed by atoms with Crippen molar-refractivity contribution < 1.29 is 133 Å². The zero-order valence-electron chi connectivity index (χ0n) is 74.8. The summed E-state index contributed by atoms with van der Waals surface area (Å²) in [7, 11) is 0. The zero-order valence-corrected chi connectivity index (χ0v) is 74.8. The number of amides is 9. The number of ether oxygens (including phenoxy) is 17. The molecule has 0 atom stereocenters. The Morgan fingerprint density at radius 1 is 0.263 bits per heavy atom. The van der Waals surface area contributed by atoms with Crippen molar-refractivity contribution in [3.8, 4) is 34.2 Å². The predicted octanol–water partition coefficient (Wildman–Crippen LogP) is -2.15. The van der Waals surface area contributed by atoms with Gasteiger partial charge in [0.2, 0.25) is 58.8 Å². The Balaban J connectivity index is 0.785. The van der Waals surface area contributed by atoms with Gasteiger partial charge in [-0.05, 0) is 16.7 Å². The number of hydroxylamine groups is 2. The molecule has 0 bridgehead atoms. The van der Waals surface area contributed by atoms with Crippen molar-refractivity contribution in [1.29, 1.82) is 0 Å². The molecule has 7 N–H and O–H groups in total. The molecular weight excluding hydrogens is 1750 g/mol. The van der Waals surface area contributed by atoms with Gasteiger partial charge in [-0.15, -0.1) is 66.2 Å². The van der Waals surface area contributed by atoms with Crippen molar-refractivity contribution in [3.05, 3.63) is 108 Å². The molecule has 0 saturated carbocycles. The first-order chi connectivity index (χ1) is 65.2. The highest BCUT2D eigenvalue weighted by molar-refractivity contribution is 6.01. The summed E-state index contributed by atoms with van der Waals surface area (Å²) >= 11 is 0. The number of carbonyl (C=O) groups is 10. The fourth-order valence-corrected chi connectivity index (χ4v) is 11.5. The first-order valence-corrected chi connectivity index (χ1v) is 43.8. The highest BCUT2D eigenvalue weighted by atomic mass is 16.7. The molecule has 3 aromatic carbocycles. The standard InChI is InChI=1S/C85H122N20O28/c106-72(86-20-31-118-39-47-126-50-42-121-34-23-89-76(110)57-66-1-7-69(8-2-66)82-99-92-63-93-100-82)15-27-130-60-85(98-75(109)18-26-116-37-45-124-53-55-129-56-54-125-46-38-117-30-19-81(115)133-105-79(113)13-14-80(105)114,61-131-28-16-73(107)87-21-32-119-40-48-127-51-43-122-35-24-90-77(111)58-67-3-9-70(10-4-67)83-101-94-64-95-102-83)62-132-29-17-74(108)88-22-33-120-41-49-128-52-44-123-36-25-91-78(112)59-68-5-11-71(12-6-68)84-103-96-65-97-104-84/h1-12,63-65H,13-62H2,(H,86,106)(H,87,107)(H,88,108)(H,89,110)(H,90,111)(H,91,112)(H,98,109). The molecule has 133 heavy (non-hydrogen) atoms. The second kappa shape index (κ2) is 70.4. The summed E-state index contributed by atoms with van der Waals surface area (Å²) in [5, 5.41) is 66.4. The van der Waals surface area contributed by atoms with Crippen molar-refractivity contribution in [3.63, 3.8) is 0 Å². The first-order valence-electron chi connectivity index (χ1n) is 43.8. The van der Waals surface area contributed by atoms with Crippen LogP contribution in [0, 0.1) is 0 Å². The first kappa shape index (κ1) is 109. The van der Waals surface area contributed by atoms with E-state index in [-0.39, 0.29) is 284 Å². The average Bonchev–Trinajstić information content (AvgIpc) is 1.84. The van der Waals surface area contributed by atoms with Crippen LogP contribution in [0.1, 0.15) is 61.6 Å². The van der Waals surface area contributed by atoms with E-state index in [4.69, 9.17) is 85.4 Å². The minimum atomic E-state index is -1.44. The highest BCUT2D eigenvalue weighted by Crippen LogP contribution is 2.19. The number of carbonyl (C=O) groups excluding carboxylic acids is 10. The Bertz CT molecular complexity index is 3860. The SMILES string of the molecule is O=C(CCOCC(COCCC(=O)NCCOCCOCCOCCNC(=O)Cc1ccc(-c2nncnn2)cc1)(COCCC(=O)NCCOCCOCCOCCNC(=O)Cc1ccc(-c2nncnn2)cc1)NC(=O)CCOCCOCCOCCOCCOCCC(=O)ON1C(=O)CCC1=O)NCCOCCOCCOCCNC(=O)Cc1ccc(-c2nncnn2)cc1. The maximum atomic E-state index is 13.9. The lowest BCUT2D eigenvalue weighted by atomic mass is 10.0. The maximum Gasteiger partial charge on any atom is 0.335 e. The van der Waals surface area contributed by atoms with E-state index in [1.165, 1.54) is 19.0 Å². The summed E-state index contributed by atoms with van der Waals surface area (Å²) in [5.74, 6) is -2.73. The summed E-state index contributed by atoms with van der Waals surface area (Å²) < 4.78 is 96.5. The minimum Gasteiger partial charge on any atom is -0.379 e. The lowest BCUT2D eigenvalue weighted by Crippen LogP contribution is -2.59. The number of hydrogen-bond acceptors (Lipinski definition) is 40. The molecule has 7 rings (SSSR count). The van der Waals surface area contributed by atoms with E-state index in [2.05, 4.69) is 98.4 Å². The van der Waals surface area contributed by atoms with E-state index in [1.807, 2.05) is 36.4 Å². The molecular formula is C85H122N20O28. The number of nitrogens with zero attached hydrogens (tertiary/aromatic N) is 13. The molecule has 48 heteroatoms. The number of imide groups is 1. The van der Waals surface area contributed by atoms with Crippen LogP contribution in [-0.4, -0.2) is 395 Å². The second-order valence-corrected chi connectivity index (χ2v) is 28.7. The Morgan fingerprint density at radius 2 is 0.481 bits per heavy atom. The number of nitrogens with one attached hydrogen (secondary N) is 7. The van der Waals surface area contributed by atoms with Crippen molar-refractivity contribution in [2.45, 2.75) is 69.7 Å². The third-order valence-electron chi connectivity index (χ3n) is 18.2. The van der Waals surface area contributed by atoms with Gasteiger partial charge in [0.25, 0.3) is 11.8 Å². The van der Waals surface area contributed by atoms with Gasteiger partial charge in [0, 0.05) is 94.5 Å². The van der Waals surface area contributed by atoms with E-state index >= 15 is 0 Å². The van der Waals surface area contributed by atoms with Crippen LogP contribution < -0.4 is 37.2 Å². The molecule has 48 nitrogen and oxygen atoms in total. The molecule has 1 aliphatic rings. The predicted molar refractivity (Wildman–Crippen MR) is 463 cm³/mol.